The maximum absolute atomic E-state index is 13.3. The summed E-state index contributed by atoms with van der Waals surface area (Å²) < 4.78 is 44.7. The first kappa shape index (κ1) is 15.0. The van der Waals surface area contributed by atoms with Crippen molar-refractivity contribution in [3.05, 3.63) is 58.4 Å². The van der Waals surface area contributed by atoms with Gasteiger partial charge in [-0.2, -0.15) is 13.2 Å². The van der Waals surface area contributed by atoms with Crippen LogP contribution in [0.5, 0.6) is 11.5 Å². The Balaban J connectivity index is 2.43. The van der Waals surface area contributed by atoms with Gasteiger partial charge in [0.05, 0.1) is 10.9 Å². The normalized spacial score (nSPS) is 11.8. The van der Waals surface area contributed by atoms with Gasteiger partial charge in [-0.1, -0.05) is 12.1 Å². The van der Waals surface area contributed by atoms with Gasteiger partial charge in [0.25, 0.3) is 0 Å². The summed E-state index contributed by atoms with van der Waals surface area (Å²) in [5.41, 5.74) is -1.90. The van der Waals surface area contributed by atoms with Crippen molar-refractivity contribution in [3.63, 3.8) is 0 Å². The number of alkyl halides is 3. The highest BCUT2D eigenvalue weighted by Gasteiger charge is 2.39. The molecule has 0 fully saturated rings. The molecule has 0 unspecified atom stereocenters. The van der Waals surface area contributed by atoms with E-state index in [0.29, 0.717) is 0 Å². The van der Waals surface area contributed by atoms with E-state index in [9.17, 15) is 28.2 Å². The Bertz CT molecular complexity index is 940. The number of phenolic OH excluding ortho intramolecular Hbond substituents is 2. The van der Waals surface area contributed by atoms with E-state index in [1.807, 2.05) is 0 Å². The molecule has 0 amide bonds. The average molecular weight is 322 g/mol. The molecule has 7 heteroatoms. The number of hydrogen-bond acceptors (Lipinski definition) is 4. The fourth-order valence-corrected chi connectivity index (χ4v) is 2.27. The molecule has 0 aliphatic carbocycles. The van der Waals surface area contributed by atoms with Gasteiger partial charge in [-0.3, -0.25) is 4.79 Å². The lowest BCUT2D eigenvalue weighted by molar-refractivity contribution is -0.152. The minimum atomic E-state index is -4.90. The summed E-state index contributed by atoms with van der Waals surface area (Å²) in [5, 5.41) is 18.5. The van der Waals surface area contributed by atoms with Crippen molar-refractivity contribution in [3.8, 4) is 22.6 Å². The van der Waals surface area contributed by atoms with Gasteiger partial charge >= 0.3 is 6.18 Å². The Kier molecular flexibility index (Phi) is 3.28. The largest absolute Gasteiger partial charge is 0.508 e. The summed E-state index contributed by atoms with van der Waals surface area (Å²) in [6, 6.07) is 8.08. The highest BCUT2D eigenvalue weighted by atomic mass is 19.4. The number of fused-ring (bicyclic) bond motifs is 1. The lowest BCUT2D eigenvalue weighted by Crippen LogP contribution is -2.16. The maximum atomic E-state index is 13.3. The molecular weight excluding hydrogens is 313 g/mol. The molecule has 2 aromatic carbocycles. The number of halogens is 3. The van der Waals surface area contributed by atoms with Crippen LogP contribution < -0.4 is 5.43 Å². The lowest BCUT2D eigenvalue weighted by Gasteiger charge is -2.12. The van der Waals surface area contributed by atoms with E-state index in [4.69, 9.17) is 4.42 Å². The summed E-state index contributed by atoms with van der Waals surface area (Å²) >= 11 is 0. The average Bonchev–Trinajstić information content (AvgIpc) is 2.47. The van der Waals surface area contributed by atoms with Crippen LogP contribution in [0.1, 0.15) is 5.76 Å². The number of rotatable bonds is 1. The van der Waals surface area contributed by atoms with E-state index in [-0.39, 0.29) is 28.0 Å². The van der Waals surface area contributed by atoms with Gasteiger partial charge in [0, 0.05) is 6.07 Å². The molecule has 0 aliphatic heterocycles. The van der Waals surface area contributed by atoms with Crippen LogP contribution in [-0.2, 0) is 6.18 Å². The zero-order chi connectivity index (χ0) is 16.8. The molecule has 3 aromatic rings. The van der Waals surface area contributed by atoms with Crippen molar-refractivity contribution in [2.45, 2.75) is 6.18 Å². The summed E-state index contributed by atoms with van der Waals surface area (Å²) in [5.74, 6) is -1.91. The van der Waals surface area contributed by atoms with Crippen molar-refractivity contribution in [2.75, 3.05) is 0 Å². The fraction of sp³-hybridized carbons (Fsp3) is 0.0625. The third-order valence-electron chi connectivity index (χ3n) is 3.29. The van der Waals surface area contributed by atoms with Crippen LogP contribution in [0.25, 0.3) is 22.1 Å². The zero-order valence-electron chi connectivity index (χ0n) is 11.4. The molecule has 0 radical (unpaired) electrons. The van der Waals surface area contributed by atoms with E-state index in [0.717, 1.165) is 6.07 Å². The molecule has 3 rings (SSSR count). The molecule has 0 bridgehead atoms. The summed E-state index contributed by atoms with van der Waals surface area (Å²) in [7, 11) is 0. The first-order valence-corrected chi connectivity index (χ1v) is 6.44. The van der Waals surface area contributed by atoms with Gasteiger partial charge in [-0.05, 0) is 29.8 Å². The fourth-order valence-electron chi connectivity index (χ4n) is 2.27. The third kappa shape index (κ3) is 2.61. The van der Waals surface area contributed by atoms with Crippen LogP contribution in [0, 0.1) is 0 Å². The number of aromatic hydroxyl groups is 2. The van der Waals surface area contributed by atoms with E-state index < -0.39 is 22.9 Å². The van der Waals surface area contributed by atoms with E-state index >= 15 is 0 Å². The molecule has 0 saturated carbocycles. The SMILES string of the molecule is O=c1c(-c2ccc(O)cc2)c(C(F)(F)F)oc2cc(O)ccc12. The molecule has 4 nitrogen and oxygen atoms in total. The predicted octanol–water partition coefficient (Wildman–Crippen LogP) is 3.89. The van der Waals surface area contributed by atoms with Crippen LogP contribution in [0.15, 0.2) is 51.7 Å². The van der Waals surface area contributed by atoms with Crippen molar-refractivity contribution >= 4 is 11.0 Å². The Labute approximate surface area is 127 Å². The molecule has 1 heterocycles. The highest BCUT2D eigenvalue weighted by Crippen LogP contribution is 2.37. The summed E-state index contributed by atoms with van der Waals surface area (Å²) in [4.78, 5) is 12.5. The van der Waals surface area contributed by atoms with Crippen LogP contribution in [-0.4, -0.2) is 10.2 Å². The van der Waals surface area contributed by atoms with Crippen LogP contribution >= 0.6 is 0 Å². The quantitative estimate of drug-likeness (QED) is 0.713. The lowest BCUT2D eigenvalue weighted by atomic mass is 10.0. The van der Waals surface area contributed by atoms with Crippen LogP contribution in [0.2, 0.25) is 0 Å². The molecule has 23 heavy (non-hydrogen) atoms. The van der Waals surface area contributed by atoms with Crippen molar-refractivity contribution in [1.82, 2.24) is 0 Å². The Hall–Kier alpha value is -2.96. The molecular formula is C16H9F3O4. The Morgan fingerprint density at radius 3 is 2.13 bits per heavy atom. The molecule has 0 saturated heterocycles. The van der Waals surface area contributed by atoms with Gasteiger partial charge in [0.1, 0.15) is 17.1 Å². The first-order valence-electron chi connectivity index (χ1n) is 6.44. The molecule has 118 valence electrons. The number of hydrogen-bond donors (Lipinski definition) is 2. The molecule has 1 aromatic heterocycles. The van der Waals surface area contributed by atoms with Gasteiger partial charge in [-0.25, -0.2) is 0 Å². The van der Waals surface area contributed by atoms with Crippen LogP contribution in [0.4, 0.5) is 13.2 Å². The zero-order valence-corrected chi connectivity index (χ0v) is 11.4. The van der Waals surface area contributed by atoms with Gasteiger partial charge in [0.2, 0.25) is 11.2 Å². The maximum Gasteiger partial charge on any atom is 0.450 e. The predicted molar refractivity (Wildman–Crippen MR) is 76.3 cm³/mol. The summed E-state index contributed by atoms with van der Waals surface area (Å²) in [6.07, 6.45) is -4.90. The van der Waals surface area contributed by atoms with Crippen LogP contribution in [0.3, 0.4) is 0 Å². The van der Waals surface area contributed by atoms with Gasteiger partial charge in [0.15, 0.2) is 0 Å². The second kappa shape index (κ2) is 5.05. The first-order chi connectivity index (χ1) is 10.8. The molecule has 0 atom stereocenters. The van der Waals surface area contributed by atoms with Gasteiger partial charge < -0.3 is 14.6 Å². The standard InChI is InChI=1S/C16H9F3O4/c17-16(18,19)15-13(8-1-3-9(20)4-2-8)14(22)11-6-5-10(21)7-12(11)23-15/h1-7,20-21H. The van der Waals surface area contributed by atoms with Gasteiger partial charge in [-0.15, -0.1) is 0 Å². The smallest absolute Gasteiger partial charge is 0.450 e. The topological polar surface area (TPSA) is 70.7 Å². The second-order valence-electron chi connectivity index (χ2n) is 4.86. The minimum Gasteiger partial charge on any atom is -0.508 e. The highest BCUT2D eigenvalue weighted by molar-refractivity contribution is 5.84. The van der Waals surface area contributed by atoms with E-state index in [1.54, 1.807) is 0 Å². The van der Waals surface area contributed by atoms with Crippen molar-refractivity contribution < 1.29 is 27.8 Å². The van der Waals surface area contributed by atoms with Crippen molar-refractivity contribution in [2.24, 2.45) is 0 Å². The molecule has 2 N–H and O–H groups in total. The summed E-state index contributed by atoms with van der Waals surface area (Å²) in [6.45, 7) is 0. The minimum absolute atomic E-state index is 0.0288. The van der Waals surface area contributed by atoms with E-state index in [1.165, 1.54) is 36.4 Å². The molecule has 0 spiro atoms. The monoisotopic (exact) mass is 322 g/mol. The number of phenols is 2. The second-order valence-corrected chi connectivity index (χ2v) is 4.86. The molecule has 0 aliphatic rings. The van der Waals surface area contributed by atoms with E-state index in [2.05, 4.69) is 0 Å². The van der Waals surface area contributed by atoms with Crippen molar-refractivity contribution in [1.29, 1.82) is 0 Å². The third-order valence-corrected chi connectivity index (χ3v) is 3.29. The number of benzene rings is 2. The Morgan fingerprint density at radius 1 is 0.913 bits per heavy atom. The Morgan fingerprint density at radius 2 is 1.52 bits per heavy atom.